The van der Waals surface area contributed by atoms with Crippen molar-refractivity contribution in [1.29, 1.82) is 0 Å². The summed E-state index contributed by atoms with van der Waals surface area (Å²) in [7, 11) is 0. The summed E-state index contributed by atoms with van der Waals surface area (Å²) in [5.74, 6) is -0.281. The number of fused-ring (bicyclic) bond motifs is 1. The van der Waals surface area contributed by atoms with Gasteiger partial charge in [-0.1, -0.05) is 17.7 Å². The molecule has 0 aliphatic heterocycles. The number of benzene rings is 2. The first kappa shape index (κ1) is 14.4. The summed E-state index contributed by atoms with van der Waals surface area (Å²) in [5, 5.41) is 4.08. The highest BCUT2D eigenvalue weighted by Gasteiger charge is 2.08. The Balaban J connectivity index is 1.94. The third-order valence-corrected chi connectivity index (χ3v) is 3.53. The van der Waals surface area contributed by atoms with E-state index in [0.29, 0.717) is 21.9 Å². The normalized spacial score (nSPS) is 10.6. The molecule has 1 amide bonds. The van der Waals surface area contributed by atoms with E-state index in [1.54, 1.807) is 42.5 Å². The zero-order valence-electron chi connectivity index (χ0n) is 11.7. The molecular weight excluding hydrogens is 302 g/mol. The predicted molar refractivity (Wildman–Crippen MR) is 86.6 cm³/mol. The standard InChI is InChI=1S/C17H12ClNO3/c1-10-7-16(20)22-15-9-13(5-6-14(10)15)19-17(21)11-3-2-4-12(18)8-11/h2-9H,1H3,(H,19,21). The highest BCUT2D eigenvalue weighted by atomic mass is 35.5. The molecule has 0 fully saturated rings. The second kappa shape index (κ2) is 5.66. The lowest BCUT2D eigenvalue weighted by molar-refractivity contribution is 0.102. The van der Waals surface area contributed by atoms with Gasteiger partial charge in [-0.15, -0.1) is 0 Å². The molecule has 3 aromatic rings. The van der Waals surface area contributed by atoms with E-state index in [1.165, 1.54) is 6.07 Å². The van der Waals surface area contributed by atoms with Crippen molar-refractivity contribution >= 4 is 34.2 Å². The fourth-order valence-electron chi connectivity index (χ4n) is 2.24. The van der Waals surface area contributed by atoms with Crippen LogP contribution in [0.3, 0.4) is 0 Å². The lowest BCUT2D eigenvalue weighted by Gasteiger charge is -2.07. The minimum absolute atomic E-state index is 0.281. The summed E-state index contributed by atoms with van der Waals surface area (Å²) < 4.78 is 5.16. The molecule has 4 nitrogen and oxygen atoms in total. The average Bonchev–Trinajstić information content (AvgIpc) is 2.46. The van der Waals surface area contributed by atoms with E-state index >= 15 is 0 Å². The van der Waals surface area contributed by atoms with Crippen LogP contribution >= 0.6 is 11.6 Å². The van der Waals surface area contributed by atoms with Gasteiger partial charge in [0.2, 0.25) is 0 Å². The van der Waals surface area contributed by atoms with Gasteiger partial charge < -0.3 is 9.73 Å². The highest BCUT2D eigenvalue weighted by molar-refractivity contribution is 6.31. The van der Waals surface area contributed by atoms with Crippen LogP contribution in [0.2, 0.25) is 5.02 Å². The van der Waals surface area contributed by atoms with Gasteiger partial charge in [0.1, 0.15) is 5.58 Å². The SMILES string of the molecule is Cc1cc(=O)oc2cc(NC(=O)c3cccc(Cl)c3)ccc12. The molecule has 0 aliphatic rings. The molecule has 22 heavy (non-hydrogen) atoms. The van der Waals surface area contributed by atoms with Crippen LogP contribution < -0.4 is 10.9 Å². The molecule has 0 bridgehead atoms. The van der Waals surface area contributed by atoms with E-state index in [9.17, 15) is 9.59 Å². The topological polar surface area (TPSA) is 59.3 Å². The van der Waals surface area contributed by atoms with Crippen LogP contribution in [0.15, 0.2) is 57.7 Å². The molecule has 0 saturated carbocycles. The lowest BCUT2D eigenvalue weighted by Crippen LogP contribution is -2.11. The van der Waals surface area contributed by atoms with E-state index in [2.05, 4.69) is 5.32 Å². The summed E-state index contributed by atoms with van der Waals surface area (Å²) in [4.78, 5) is 23.6. The number of amides is 1. The molecule has 0 atom stereocenters. The number of aryl methyl sites for hydroxylation is 1. The van der Waals surface area contributed by atoms with Gasteiger partial charge in [0.05, 0.1) is 0 Å². The van der Waals surface area contributed by atoms with E-state index in [0.717, 1.165) is 10.9 Å². The van der Waals surface area contributed by atoms with E-state index in [1.807, 2.05) is 6.92 Å². The van der Waals surface area contributed by atoms with Crippen LogP contribution in [0.25, 0.3) is 11.0 Å². The zero-order chi connectivity index (χ0) is 15.7. The van der Waals surface area contributed by atoms with Gasteiger partial charge >= 0.3 is 5.63 Å². The van der Waals surface area contributed by atoms with Crippen molar-refractivity contribution in [2.24, 2.45) is 0 Å². The Morgan fingerprint density at radius 2 is 1.95 bits per heavy atom. The number of nitrogens with one attached hydrogen (secondary N) is 1. The minimum Gasteiger partial charge on any atom is -0.423 e. The molecule has 3 rings (SSSR count). The first-order valence-corrected chi connectivity index (χ1v) is 7.02. The van der Waals surface area contributed by atoms with Crippen molar-refractivity contribution in [3.8, 4) is 0 Å². The summed E-state index contributed by atoms with van der Waals surface area (Å²) >= 11 is 5.88. The Morgan fingerprint density at radius 3 is 2.73 bits per heavy atom. The van der Waals surface area contributed by atoms with Crippen LogP contribution in [0.1, 0.15) is 15.9 Å². The second-order valence-electron chi connectivity index (χ2n) is 4.92. The Morgan fingerprint density at radius 1 is 1.14 bits per heavy atom. The van der Waals surface area contributed by atoms with Gasteiger partial charge in [-0.3, -0.25) is 4.79 Å². The Bertz CT molecular complexity index is 931. The van der Waals surface area contributed by atoms with Crippen LogP contribution in [0.5, 0.6) is 0 Å². The van der Waals surface area contributed by atoms with Crippen molar-refractivity contribution in [3.05, 3.63) is 75.1 Å². The molecule has 0 radical (unpaired) electrons. The third-order valence-electron chi connectivity index (χ3n) is 3.30. The maximum Gasteiger partial charge on any atom is 0.336 e. The number of anilines is 1. The van der Waals surface area contributed by atoms with Gasteiger partial charge in [0, 0.05) is 33.8 Å². The summed E-state index contributed by atoms with van der Waals surface area (Å²) in [6, 6.07) is 13.3. The Kier molecular flexibility index (Phi) is 3.69. The average molecular weight is 314 g/mol. The van der Waals surface area contributed by atoms with Crippen molar-refractivity contribution in [2.45, 2.75) is 6.92 Å². The van der Waals surface area contributed by atoms with Crippen molar-refractivity contribution in [1.82, 2.24) is 0 Å². The maximum absolute atomic E-state index is 12.2. The highest BCUT2D eigenvalue weighted by Crippen LogP contribution is 2.21. The molecule has 2 aromatic carbocycles. The molecular formula is C17H12ClNO3. The number of rotatable bonds is 2. The molecule has 0 spiro atoms. The monoisotopic (exact) mass is 313 g/mol. The van der Waals surface area contributed by atoms with Gasteiger partial charge in [0.25, 0.3) is 5.91 Å². The summed E-state index contributed by atoms with van der Waals surface area (Å²) in [6.45, 7) is 1.84. The van der Waals surface area contributed by atoms with Crippen molar-refractivity contribution < 1.29 is 9.21 Å². The van der Waals surface area contributed by atoms with Crippen LogP contribution in [0.4, 0.5) is 5.69 Å². The predicted octanol–water partition coefficient (Wildman–Crippen LogP) is 4.01. The summed E-state index contributed by atoms with van der Waals surface area (Å²) in [5.41, 5.74) is 1.86. The lowest BCUT2D eigenvalue weighted by atomic mass is 10.1. The maximum atomic E-state index is 12.2. The fourth-order valence-corrected chi connectivity index (χ4v) is 2.43. The molecule has 1 N–H and O–H groups in total. The fraction of sp³-hybridized carbons (Fsp3) is 0.0588. The largest absolute Gasteiger partial charge is 0.423 e. The molecule has 0 aliphatic carbocycles. The number of hydrogen-bond donors (Lipinski definition) is 1. The first-order chi connectivity index (χ1) is 10.5. The Labute approximate surface area is 131 Å². The number of halogens is 1. The molecule has 110 valence electrons. The van der Waals surface area contributed by atoms with Gasteiger partial charge in [-0.25, -0.2) is 4.79 Å². The van der Waals surface area contributed by atoms with E-state index < -0.39 is 5.63 Å². The van der Waals surface area contributed by atoms with Gasteiger partial charge in [0.15, 0.2) is 0 Å². The van der Waals surface area contributed by atoms with E-state index in [4.69, 9.17) is 16.0 Å². The molecule has 1 heterocycles. The van der Waals surface area contributed by atoms with Gasteiger partial charge in [-0.2, -0.15) is 0 Å². The quantitative estimate of drug-likeness (QED) is 0.727. The molecule has 0 unspecified atom stereocenters. The zero-order valence-corrected chi connectivity index (χ0v) is 12.5. The number of hydrogen-bond acceptors (Lipinski definition) is 3. The van der Waals surface area contributed by atoms with Crippen molar-refractivity contribution in [3.63, 3.8) is 0 Å². The Hall–Kier alpha value is -2.59. The minimum atomic E-state index is -0.414. The second-order valence-corrected chi connectivity index (χ2v) is 5.36. The number of carbonyl (C=O) groups is 1. The molecule has 1 aromatic heterocycles. The number of carbonyl (C=O) groups excluding carboxylic acids is 1. The van der Waals surface area contributed by atoms with Crippen LogP contribution in [0, 0.1) is 6.92 Å². The van der Waals surface area contributed by atoms with E-state index in [-0.39, 0.29) is 5.91 Å². The van der Waals surface area contributed by atoms with Crippen LogP contribution in [-0.4, -0.2) is 5.91 Å². The van der Waals surface area contributed by atoms with Gasteiger partial charge in [-0.05, 0) is 42.8 Å². The first-order valence-electron chi connectivity index (χ1n) is 6.64. The molecule has 5 heteroatoms. The third kappa shape index (κ3) is 2.87. The summed E-state index contributed by atoms with van der Waals surface area (Å²) in [6.07, 6.45) is 0. The van der Waals surface area contributed by atoms with Crippen LogP contribution in [-0.2, 0) is 0 Å². The van der Waals surface area contributed by atoms with Crippen molar-refractivity contribution in [2.75, 3.05) is 5.32 Å². The smallest absolute Gasteiger partial charge is 0.336 e. The molecule has 0 saturated heterocycles.